The predicted molar refractivity (Wildman–Crippen MR) is 154 cm³/mol. The van der Waals surface area contributed by atoms with Gasteiger partial charge in [-0.25, -0.2) is 0 Å². The van der Waals surface area contributed by atoms with Gasteiger partial charge in [0.05, 0.1) is 11.9 Å². The molecule has 40 heavy (non-hydrogen) atoms. The van der Waals surface area contributed by atoms with Crippen LogP contribution in [0.4, 0.5) is 5.95 Å². The quantitative estimate of drug-likeness (QED) is 0.322. The topological polar surface area (TPSA) is 122 Å². The van der Waals surface area contributed by atoms with Crippen molar-refractivity contribution >= 4 is 17.0 Å². The van der Waals surface area contributed by atoms with Crippen molar-refractivity contribution < 1.29 is 0 Å². The first-order valence-corrected chi connectivity index (χ1v) is 14.1. The number of H-pyrrole nitrogens is 2. The number of hydrogen-bond donors (Lipinski definition) is 3. The highest BCUT2D eigenvalue weighted by Crippen LogP contribution is 2.54. The SMILES string of the molecule is Cn1cc(-c2cccc(C3(c4n[nH]c5nc(N6CCC7(CC6)Cc6ccccc6[C@H]7N)[nH]c(=O)c45)CC3)c2)cn1. The minimum Gasteiger partial charge on any atom is -0.342 e. The van der Waals surface area contributed by atoms with E-state index in [1.165, 1.54) is 16.7 Å². The molecule has 9 heteroatoms. The van der Waals surface area contributed by atoms with Crippen LogP contribution in [-0.4, -0.2) is 43.0 Å². The van der Waals surface area contributed by atoms with Gasteiger partial charge in [-0.15, -0.1) is 0 Å². The molecule has 1 atom stereocenters. The maximum Gasteiger partial charge on any atom is 0.263 e. The van der Waals surface area contributed by atoms with Gasteiger partial charge in [-0.05, 0) is 59.8 Å². The Hall–Kier alpha value is -4.24. The highest BCUT2D eigenvalue weighted by Gasteiger charge is 2.50. The van der Waals surface area contributed by atoms with E-state index in [1.807, 2.05) is 24.1 Å². The van der Waals surface area contributed by atoms with Crippen LogP contribution in [0.25, 0.3) is 22.2 Å². The molecule has 3 aromatic heterocycles. The fourth-order valence-corrected chi connectivity index (χ4v) is 7.25. The molecule has 1 saturated carbocycles. The van der Waals surface area contributed by atoms with E-state index < -0.39 is 0 Å². The molecule has 8 rings (SSSR count). The molecule has 4 N–H and O–H groups in total. The van der Waals surface area contributed by atoms with E-state index in [9.17, 15) is 4.79 Å². The molecule has 2 aliphatic carbocycles. The minimum absolute atomic E-state index is 0.0573. The molecule has 0 bridgehead atoms. The number of aryl methyl sites for hydroxylation is 1. The van der Waals surface area contributed by atoms with Gasteiger partial charge in [0.2, 0.25) is 5.95 Å². The molecule has 5 aromatic rings. The second-order valence-corrected chi connectivity index (χ2v) is 12.0. The van der Waals surface area contributed by atoms with E-state index >= 15 is 0 Å². The average Bonchev–Trinajstić information content (AvgIpc) is 3.33. The van der Waals surface area contributed by atoms with Gasteiger partial charge in [-0.1, -0.05) is 48.5 Å². The van der Waals surface area contributed by atoms with E-state index in [0.717, 1.165) is 62.0 Å². The third-order valence-corrected chi connectivity index (χ3v) is 9.73. The number of nitrogens with one attached hydrogen (secondary N) is 2. The first-order chi connectivity index (χ1) is 19.5. The van der Waals surface area contributed by atoms with Crippen LogP contribution in [-0.2, 0) is 18.9 Å². The highest BCUT2D eigenvalue weighted by atomic mass is 16.1. The van der Waals surface area contributed by atoms with Crippen LogP contribution < -0.4 is 16.2 Å². The predicted octanol–water partition coefficient (Wildman–Crippen LogP) is 3.97. The maximum absolute atomic E-state index is 13.6. The number of aromatic amines is 2. The third kappa shape index (κ3) is 3.43. The van der Waals surface area contributed by atoms with Crippen molar-refractivity contribution in [2.24, 2.45) is 18.2 Å². The van der Waals surface area contributed by atoms with Crippen LogP contribution in [0, 0.1) is 5.41 Å². The highest BCUT2D eigenvalue weighted by molar-refractivity contribution is 5.81. The molecule has 2 fully saturated rings. The molecule has 4 heterocycles. The Morgan fingerprint density at radius 2 is 1.85 bits per heavy atom. The summed E-state index contributed by atoms with van der Waals surface area (Å²) < 4.78 is 1.81. The lowest BCUT2D eigenvalue weighted by Gasteiger charge is -2.42. The summed E-state index contributed by atoms with van der Waals surface area (Å²) in [6, 6.07) is 17.1. The van der Waals surface area contributed by atoms with Gasteiger partial charge in [0.15, 0.2) is 5.65 Å². The van der Waals surface area contributed by atoms with Crippen LogP contribution in [0.2, 0.25) is 0 Å². The van der Waals surface area contributed by atoms with Crippen molar-refractivity contribution in [3.63, 3.8) is 0 Å². The van der Waals surface area contributed by atoms with Gasteiger partial charge in [-0.2, -0.15) is 15.2 Å². The van der Waals surface area contributed by atoms with E-state index in [-0.39, 0.29) is 22.4 Å². The van der Waals surface area contributed by atoms with E-state index in [0.29, 0.717) is 17.0 Å². The van der Waals surface area contributed by atoms with E-state index in [2.05, 4.69) is 68.6 Å². The lowest BCUT2D eigenvalue weighted by molar-refractivity contribution is 0.187. The first kappa shape index (κ1) is 23.6. The molecule has 0 radical (unpaired) electrons. The molecular formula is C31H32N8O. The summed E-state index contributed by atoms with van der Waals surface area (Å²) in [5.41, 5.74) is 13.8. The fourth-order valence-electron chi connectivity index (χ4n) is 7.25. The summed E-state index contributed by atoms with van der Waals surface area (Å²) in [5.74, 6) is 0.607. The molecule has 9 nitrogen and oxygen atoms in total. The molecule has 2 aromatic carbocycles. The molecule has 3 aliphatic rings. The number of rotatable bonds is 4. The van der Waals surface area contributed by atoms with Crippen molar-refractivity contribution in [1.29, 1.82) is 0 Å². The van der Waals surface area contributed by atoms with E-state index in [1.54, 1.807) is 0 Å². The summed E-state index contributed by atoms with van der Waals surface area (Å²) in [6.07, 6.45) is 8.74. The first-order valence-electron chi connectivity index (χ1n) is 14.1. The summed E-state index contributed by atoms with van der Waals surface area (Å²) in [7, 11) is 1.92. The average molecular weight is 533 g/mol. The Morgan fingerprint density at radius 1 is 1.02 bits per heavy atom. The number of nitrogens with zero attached hydrogens (tertiary/aromatic N) is 5. The second-order valence-electron chi connectivity index (χ2n) is 12.0. The van der Waals surface area contributed by atoms with Crippen LogP contribution in [0.5, 0.6) is 0 Å². The Bertz CT molecular complexity index is 1820. The summed E-state index contributed by atoms with van der Waals surface area (Å²) >= 11 is 0. The molecular weight excluding hydrogens is 500 g/mol. The van der Waals surface area contributed by atoms with Crippen LogP contribution in [0.15, 0.2) is 65.7 Å². The molecule has 0 amide bonds. The van der Waals surface area contributed by atoms with Crippen LogP contribution in [0.3, 0.4) is 0 Å². The fraction of sp³-hybridized carbons (Fsp3) is 0.355. The Balaban J connectivity index is 1.08. The Morgan fingerprint density at radius 3 is 2.60 bits per heavy atom. The molecule has 1 saturated heterocycles. The molecule has 0 unspecified atom stereocenters. The zero-order valence-corrected chi connectivity index (χ0v) is 22.5. The Labute approximate surface area is 231 Å². The maximum atomic E-state index is 13.6. The van der Waals surface area contributed by atoms with Gasteiger partial charge in [0.1, 0.15) is 5.39 Å². The number of nitrogens with two attached hydrogens (primary N) is 1. The summed E-state index contributed by atoms with van der Waals surface area (Å²) in [6.45, 7) is 1.62. The normalized spacial score (nSPS) is 20.8. The number of fused-ring (bicyclic) bond motifs is 2. The number of hydrogen-bond acceptors (Lipinski definition) is 6. The van der Waals surface area contributed by atoms with Crippen molar-refractivity contribution in [3.05, 3.63) is 93.7 Å². The van der Waals surface area contributed by atoms with Crippen molar-refractivity contribution in [1.82, 2.24) is 29.9 Å². The van der Waals surface area contributed by atoms with E-state index in [4.69, 9.17) is 15.8 Å². The summed E-state index contributed by atoms with van der Waals surface area (Å²) in [5, 5.41) is 12.7. The monoisotopic (exact) mass is 532 g/mol. The second kappa shape index (κ2) is 8.38. The largest absolute Gasteiger partial charge is 0.342 e. The van der Waals surface area contributed by atoms with Gasteiger partial charge in [0, 0.05) is 43.4 Å². The van der Waals surface area contributed by atoms with Gasteiger partial charge in [0.25, 0.3) is 5.56 Å². The van der Waals surface area contributed by atoms with Crippen molar-refractivity contribution in [3.8, 4) is 11.1 Å². The molecule has 1 spiro atoms. The lowest BCUT2D eigenvalue weighted by atomic mass is 9.73. The van der Waals surface area contributed by atoms with Crippen LogP contribution >= 0.6 is 0 Å². The summed E-state index contributed by atoms with van der Waals surface area (Å²) in [4.78, 5) is 23.7. The number of piperidine rings is 1. The van der Waals surface area contributed by atoms with Gasteiger partial charge >= 0.3 is 0 Å². The zero-order valence-electron chi connectivity index (χ0n) is 22.5. The van der Waals surface area contributed by atoms with Crippen molar-refractivity contribution in [2.75, 3.05) is 18.0 Å². The lowest BCUT2D eigenvalue weighted by Crippen LogP contribution is -2.45. The van der Waals surface area contributed by atoms with Gasteiger partial charge < -0.3 is 10.6 Å². The zero-order chi connectivity index (χ0) is 27.1. The molecule has 202 valence electrons. The van der Waals surface area contributed by atoms with Crippen LogP contribution in [0.1, 0.15) is 54.1 Å². The van der Waals surface area contributed by atoms with Gasteiger partial charge in [-0.3, -0.25) is 19.6 Å². The van der Waals surface area contributed by atoms with Crippen molar-refractivity contribution in [2.45, 2.75) is 43.6 Å². The number of benzene rings is 2. The number of anilines is 1. The smallest absolute Gasteiger partial charge is 0.263 e. The Kier molecular flexibility index (Phi) is 4.95. The minimum atomic E-state index is -0.280. The standard InChI is InChI=1S/C31H32N8O/c1-38-18-21(17-33-38)19-6-4-7-22(15-19)31(9-10-31)26-24-27(37-36-26)34-29(35-28(24)40)39-13-11-30(12-14-39)16-20-5-2-3-8-23(20)25(30)32/h2-8,15,17-18,25H,9-14,16,32H2,1H3,(H2,34,35,36,37,40)/t25-/m1/s1. The third-order valence-electron chi connectivity index (χ3n) is 9.73. The molecule has 1 aliphatic heterocycles. The number of aromatic nitrogens is 6.